The summed E-state index contributed by atoms with van der Waals surface area (Å²) < 4.78 is 12.2. The van der Waals surface area contributed by atoms with E-state index in [2.05, 4.69) is 10.6 Å². The number of nitrogens with one attached hydrogen (secondary N) is 2. The number of likely N-dealkylation sites (tertiary alicyclic amines) is 1. The minimum atomic E-state index is -0.0821. The second-order valence-electron chi connectivity index (χ2n) is 9.06. The lowest BCUT2D eigenvalue weighted by molar-refractivity contribution is -0.117. The SMILES string of the molecule is COCCNC(=O)C1=C(C)/C(=C/NCC2CN(C(=O)c3cc4ccc(OC)cc4n3C)C2)CC=C1. The highest BCUT2D eigenvalue weighted by atomic mass is 16.5. The first-order valence-electron chi connectivity index (χ1n) is 11.9. The molecule has 1 aliphatic carbocycles. The molecule has 1 saturated heterocycles. The van der Waals surface area contributed by atoms with Crippen molar-refractivity contribution in [2.75, 3.05) is 47.0 Å². The Morgan fingerprint density at radius 3 is 2.74 bits per heavy atom. The quantitative estimate of drug-likeness (QED) is 0.542. The highest BCUT2D eigenvalue weighted by molar-refractivity contribution is 5.99. The van der Waals surface area contributed by atoms with Crippen molar-refractivity contribution in [1.82, 2.24) is 20.1 Å². The highest BCUT2D eigenvalue weighted by Crippen LogP contribution is 2.27. The number of fused-ring (bicyclic) bond motifs is 1. The van der Waals surface area contributed by atoms with Gasteiger partial charge >= 0.3 is 0 Å². The summed E-state index contributed by atoms with van der Waals surface area (Å²) >= 11 is 0. The highest BCUT2D eigenvalue weighted by Gasteiger charge is 2.32. The molecule has 1 aromatic heterocycles. The number of aromatic nitrogens is 1. The minimum Gasteiger partial charge on any atom is -0.497 e. The number of ether oxygens (including phenoxy) is 2. The number of amides is 2. The van der Waals surface area contributed by atoms with E-state index in [4.69, 9.17) is 9.47 Å². The van der Waals surface area contributed by atoms with Gasteiger partial charge < -0.3 is 29.6 Å². The lowest BCUT2D eigenvalue weighted by atomic mass is 9.93. The van der Waals surface area contributed by atoms with Gasteiger partial charge in [-0.15, -0.1) is 0 Å². The number of aryl methyl sites for hydroxylation is 1. The van der Waals surface area contributed by atoms with E-state index in [-0.39, 0.29) is 11.8 Å². The van der Waals surface area contributed by atoms with Crippen LogP contribution in [0.4, 0.5) is 0 Å². The van der Waals surface area contributed by atoms with E-state index in [9.17, 15) is 9.59 Å². The summed E-state index contributed by atoms with van der Waals surface area (Å²) in [6.45, 7) is 5.18. The maximum Gasteiger partial charge on any atom is 0.270 e. The standard InChI is InChI=1S/C27H34N4O4/c1-18-21(6-5-7-23(18)26(32)29-10-11-34-3)15-28-14-19-16-31(17-19)27(33)25-12-20-8-9-22(35-4)13-24(20)30(25)2/h5,7-9,12-13,15,19,28H,6,10-11,14,16-17H2,1-4H3,(H,29,32)/b21-15+. The van der Waals surface area contributed by atoms with Crippen molar-refractivity contribution < 1.29 is 19.1 Å². The summed E-state index contributed by atoms with van der Waals surface area (Å²) in [5, 5.41) is 7.31. The second-order valence-corrected chi connectivity index (χ2v) is 9.06. The molecule has 0 saturated carbocycles. The molecule has 2 N–H and O–H groups in total. The predicted octanol–water partition coefficient (Wildman–Crippen LogP) is 2.77. The minimum absolute atomic E-state index is 0.0533. The van der Waals surface area contributed by atoms with E-state index >= 15 is 0 Å². The summed E-state index contributed by atoms with van der Waals surface area (Å²) in [6.07, 6.45) is 6.68. The smallest absolute Gasteiger partial charge is 0.270 e. The number of rotatable bonds is 9. The lowest BCUT2D eigenvalue weighted by Crippen LogP contribution is -2.53. The Morgan fingerprint density at radius 1 is 1.20 bits per heavy atom. The van der Waals surface area contributed by atoms with E-state index in [1.54, 1.807) is 14.2 Å². The van der Waals surface area contributed by atoms with Crippen molar-refractivity contribution in [2.45, 2.75) is 13.3 Å². The van der Waals surface area contributed by atoms with Gasteiger partial charge in [0.1, 0.15) is 11.4 Å². The van der Waals surface area contributed by atoms with Gasteiger partial charge in [0.2, 0.25) is 0 Å². The lowest BCUT2D eigenvalue weighted by Gasteiger charge is -2.39. The third kappa shape index (κ3) is 5.27. The number of carbonyl (C=O) groups is 2. The van der Waals surface area contributed by atoms with Gasteiger partial charge in [0.05, 0.1) is 19.2 Å². The normalized spacial score (nSPS) is 17.1. The molecule has 4 rings (SSSR count). The second kappa shape index (κ2) is 10.8. The first-order valence-corrected chi connectivity index (χ1v) is 11.9. The molecule has 2 aliphatic rings. The zero-order valence-electron chi connectivity index (χ0n) is 20.9. The van der Waals surface area contributed by atoms with Crippen LogP contribution in [0.15, 0.2) is 59.3 Å². The maximum atomic E-state index is 13.1. The van der Waals surface area contributed by atoms with Crippen LogP contribution >= 0.6 is 0 Å². The zero-order valence-corrected chi connectivity index (χ0v) is 20.9. The Bertz CT molecular complexity index is 1200. The monoisotopic (exact) mass is 478 g/mol. The fourth-order valence-corrected chi connectivity index (χ4v) is 4.55. The number of carbonyl (C=O) groups excluding carboxylic acids is 2. The number of hydrogen-bond donors (Lipinski definition) is 2. The van der Waals surface area contributed by atoms with Crippen LogP contribution in [0.25, 0.3) is 10.9 Å². The van der Waals surface area contributed by atoms with E-state index < -0.39 is 0 Å². The fourth-order valence-electron chi connectivity index (χ4n) is 4.55. The summed E-state index contributed by atoms with van der Waals surface area (Å²) in [5.74, 6) is 1.14. The van der Waals surface area contributed by atoms with Gasteiger partial charge in [-0.25, -0.2) is 0 Å². The molecule has 8 nitrogen and oxygen atoms in total. The molecule has 0 unspecified atom stereocenters. The Kier molecular flexibility index (Phi) is 7.60. The van der Waals surface area contributed by atoms with Crippen molar-refractivity contribution >= 4 is 22.7 Å². The van der Waals surface area contributed by atoms with Crippen LogP contribution < -0.4 is 15.4 Å². The zero-order chi connectivity index (χ0) is 24.9. The molecule has 0 spiro atoms. The van der Waals surface area contributed by atoms with Crippen LogP contribution in [0, 0.1) is 5.92 Å². The molecule has 2 aromatic rings. The third-order valence-corrected chi connectivity index (χ3v) is 6.74. The number of nitrogens with zero attached hydrogens (tertiary/aromatic N) is 2. The Hall–Kier alpha value is -3.52. The molecule has 186 valence electrons. The van der Waals surface area contributed by atoms with E-state index in [0.717, 1.165) is 53.9 Å². The first-order chi connectivity index (χ1) is 16.9. The van der Waals surface area contributed by atoms with Gasteiger partial charge in [-0.05, 0) is 42.7 Å². The van der Waals surface area contributed by atoms with Gasteiger partial charge in [-0.2, -0.15) is 0 Å². The van der Waals surface area contributed by atoms with E-state index in [1.807, 2.05) is 66.1 Å². The van der Waals surface area contributed by atoms with Gasteiger partial charge in [0.25, 0.3) is 11.8 Å². The molecule has 2 heterocycles. The number of hydrogen-bond acceptors (Lipinski definition) is 5. The van der Waals surface area contributed by atoms with Gasteiger partial charge in [0.15, 0.2) is 0 Å². The molecule has 0 radical (unpaired) electrons. The van der Waals surface area contributed by atoms with Crippen LogP contribution in [0.2, 0.25) is 0 Å². The van der Waals surface area contributed by atoms with Crippen molar-refractivity contribution in [3.05, 3.63) is 65.0 Å². The Balaban J connectivity index is 1.30. The Morgan fingerprint density at radius 2 is 2.00 bits per heavy atom. The van der Waals surface area contributed by atoms with Crippen molar-refractivity contribution in [3.8, 4) is 5.75 Å². The fraction of sp³-hybridized carbons (Fsp3) is 0.407. The van der Waals surface area contributed by atoms with Gasteiger partial charge in [-0.1, -0.05) is 12.2 Å². The summed E-state index contributed by atoms with van der Waals surface area (Å²) in [4.78, 5) is 27.4. The van der Waals surface area contributed by atoms with Crippen LogP contribution in [0.5, 0.6) is 5.75 Å². The molecule has 35 heavy (non-hydrogen) atoms. The maximum absolute atomic E-state index is 13.1. The van der Waals surface area contributed by atoms with Crippen LogP contribution in [0.1, 0.15) is 23.8 Å². The van der Waals surface area contributed by atoms with Crippen molar-refractivity contribution in [3.63, 3.8) is 0 Å². The summed E-state index contributed by atoms with van der Waals surface area (Å²) in [7, 11) is 5.17. The number of allylic oxidation sites excluding steroid dienone is 3. The number of methoxy groups -OCH3 is 2. The Labute approximate surface area is 206 Å². The number of benzene rings is 1. The first kappa shape index (κ1) is 24.6. The molecule has 8 heteroatoms. The third-order valence-electron chi connectivity index (χ3n) is 6.74. The van der Waals surface area contributed by atoms with Crippen molar-refractivity contribution in [1.29, 1.82) is 0 Å². The molecule has 1 fully saturated rings. The largest absolute Gasteiger partial charge is 0.497 e. The van der Waals surface area contributed by atoms with Crippen LogP contribution in [0.3, 0.4) is 0 Å². The molecule has 0 atom stereocenters. The van der Waals surface area contributed by atoms with Gasteiger partial charge in [-0.3, -0.25) is 9.59 Å². The summed E-state index contributed by atoms with van der Waals surface area (Å²) in [5.41, 5.74) is 4.44. The van der Waals surface area contributed by atoms with Crippen molar-refractivity contribution in [2.24, 2.45) is 13.0 Å². The van der Waals surface area contributed by atoms with Gasteiger partial charge in [0, 0.05) is 69.5 Å². The molecular weight excluding hydrogens is 444 g/mol. The predicted molar refractivity (Wildman–Crippen MR) is 136 cm³/mol. The van der Waals surface area contributed by atoms with E-state index in [1.165, 1.54) is 0 Å². The molecule has 0 bridgehead atoms. The topological polar surface area (TPSA) is 84.8 Å². The molecular formula is C27H34N4O4. The van der Waals surface area contributed by atoms with Crippen LogP contribution in [-0.2, 0) is 16.6 Å². The summed E-state index contributed by atoms with van der Waals surface area (Å²) in [6, 6.07) is 7.79. The van der Waals surface area contributed by atoms with E-state index in [0.29, 0.717) is 30.3 Å². The average Bonchev–Trinajstić information content (AvgIpc) is 3.16. The average molecular weight is 479 g/mol. The molecule has 1 aliphatic heterocycles. The molecule has 1 aromatic carbocycles. The van der Waals surface area contributed by atoms with Crippen LogP contribution in [-0.4, -0.2) is 68.3 Å². The molecule has 2 amide bonds.